The van der Waals surface area contributed by atoms with Gasteiger partial charge in [0.2, 0.25) is 0 Å². The van der Waals surface area contributed by atoms with Gasteiger partial charge in [0.05, 0.1) is 0 Å². The second-order valence-corrected chi connectivity index (χ2v) is 6.51. The zero-order valence-corrected chi connectivity index (χ0v) is 16.2. The van der Waals surface area contributed by atoms with E-state index in [0.29, 0.717) is 0 Å². The lowest BCUT2D eigenvalue weighted by atomic mass is 9.97. The molecule has 0 aromatic carbocycles. The number of aliphatic hydroxyl groups is 1. The lowest BCUT2D eigenvalue weighted by Gasteiger charge is -2.42. The fourth-order valence-corrected chi connectivity index (χ4v) is 1.71. The van der Waals surface area contributed by atoms with E-state index in [-0.39, 0.29) is 0 Å². The molecule has 0 aromatic rings. The molecule has 0 bridgehead atoms. The van der Waals surface area contributed by atoms with Crippen molar-refractivity contribution in [3.05, 3.63) is 0 Å². The third-order valence-electron chi connectivity index (χ3n) is 3.82. The highest BCUT2D eigenvalue weighted by atomic mass is 19.4. The summed E-state index contributed by atoms with van der Waals surface area (Å²) in [6.07, 6.45) is -40.1. The first-order valence-corrected chi connectivity index (χ1v) is 7.83. The maximum atomic E-state index is 13.9. The standard InChI is InChI=1S/C12H3F23O3/c13-2(1-36,3(14,15)4(16,17)5(18,19)8(24,25)26)37-11(32,33)12(34,35)38-10(30,31)7(22,23)6(20,21)9(27,28)29/h36H,1H2. The number of alkyl halides is 23. The third kappa shape index (κ3) is 5.22. The molecular weight excluding hydrogens is 629 g/mol. The SMILES string of the molecule is OCC(F)(OC(F)(F)C(F)(F)OC(F)(F)C(F)(F)C(F)(F)C(F)(F)F)C(F)(F)C(F)(F)C(F)(F)C(F)(F)F. The van der Waals surface area contributed by atoms with Crippen LogP contribution < -0.4 is 0 Å². The van der Waals surface area contributed by atoms with Gasteiger partial charge in [-0.3, -0.25) is 4.74 Å². The van der Waals surface area contributed by atoms with Crippen molar-refractivity contribution in [2.75, 3.05) is 6.61 Å². The van der Waals surface area contributed by atoms with Crippen molar-refractivity contribution in [3.8, 4) is 0 Å². The van der Waals surface area contributed by atoms with E-state index in [9.17, 15) is 101 Å². The van der Waals surface area contributed by atoms with Crippen LogP contribution in [0.15, 0.2) is 0 Å². The molecule has 0 fully saturated rings. The Labute approximate surface area is 190 Å². The molecule has 0 aliphatic carbocycles. The molecule has 3 nitrogen and oxygen atoms in total. The highest BCUT2D eigenvalue weighted by molar-refractivity contribution is 5.07. The van der Waals surface area contributed by atoms with Crippen molar-refractivity contribution in [2.45, 2.75) is 66.1 Å². The van der Waals surface area contributed by atoms with Crippen molar-refractivity contribution in [2.24, 2.45) is 0 Å². The Morgan fingerprint density at radius 3 is 0.921 bits per heavy atom. The Morgan fingerprint density at radius 1 is 0.342 bits per heavy atom. The first-order chi connectivity index (χ1) is 16.0. The van der Waals surface area contributed by atoms with Gasteiger partial charge in [-0.1, -0.05) is 0 Å². The van der Waals surface area contributed by atoms with Gasteiger partial charge in [0.15, 0.2) is 0 Å². The summed E-state index contributed by atoms with van der Waals surface area (Å²) < 4.78 is 297. The lowest BCUT2D eigenvalue weighted by Crippen LogP contribution is -2.71. The average Bonchev–Trinajstić information content (AvgIpc) is 2.63. The average molecular weight is 632 g/mol. The molecule has 0 rings (SSSR count). The van der Waals surface area contributed by atoms with E-state index in [1.165, 1.54) is 4.74 Å². The number of aliphatic hydroxyl groups excluding tert-OH is 1. The zero-order valence-electron chi connectivity index (χ0n) is 16.2. The number of hydrogen-bond donors (Lipinski definition) is 1. The van der Waals surface area contributed by atoms with E-state index in [0.717, 1.165) is 4.74 Å². The summed E-state index contributed by atoms with van der Waals surface area (Å²) in [5, 5.41) is 8.19. The molecule has 0 saturated heterocycles. The van der Waals surface area contributed by atoms with Crippen molar-refractivity contribution >= 4 is 0 Å². The molecule has 1 unspecified atom stereocenters. The summed E-state index contributed by atoms with van der Waals surface area (Å²) in [6, 6.07) is 0. The van der Waals surface area contributed by atoms with Crippen LogP contribution in [0.25, 0.3) is 0 Å². The van der Waals surface area contributed by atoms with Gasteiger partial charge in [-0.05, 0) is 0 Å². The van der Waals surface area contributed by atoms with E-state index in [1.807, 2.05) is 0 Å². The maximum absolute atomic E-state index is 13.9. The molecule has 0 heterocycles. The van der Waals surface area contributed by atoms with Crippen molar-refractivity contribution in [1.82, 2.24) is 0 Å². The largest absolute Gasteiger partial charge is 0.460 e. The zero-order chi connectivity index (χ0) is 31.6. The fraction of sp³-hybridized carbons (Fsp3) is 1.00. The molecule has 0 aliphatic rings. The molecule has 1 atom stereocenters. The maximum Gasteiger partial charge on any atom is 0.460 e. The fourth-order valence-electron chi connectivity index (χ4n) is 1.71. The molecule has 0 amide bonds. The summed E-state index contributed by atoms with van der Waals surface area (Å²) in [5.74, 6) is -48.7. The normalized spacial score (nSPS) is 18.0. The summed E-state index contributed by atoms with van der Waals surface area (Å²) in [6.45, 7) is -4.09. The highest BCUT2D eigenvalue weighted by Gasteiger charge is 2.89. The van der Waals surface area contributed by atoms with Crippen LogP contribution in [0.5, 0.6) is 0 Å². The minimum absolute atomic E-state index is 1.07. The van der Waals surface area contributed by atoms with Gasteiger partial charge in [-0.25, -0.2) is 9.13 Å². The Hall–Kier alpha value is -1.73. The van der Waals surface area contributed by atoms with Gasteiger partial charge >= 0.3 is 66.1 Å². The summed E-state index contributed by atoms with van der Waals surface area (Å²) in [5.41, 5.74) is 0. The van der Waals surface area contributed by atoms with Gasteiger partial charge in [0.25, 0.3) is 0 Å². The molecule has 0 spiro atoms. The molecule has 0 aliphatic heterocycles. The van der Waals surface area contributed by atoms with Gasteiger partial charge in [0.1, 0.15) is 6.61 Å². The van der Waals surface area contributed by atoms with Crippen molar-refractivity contribution in [1.29, 1.82) is 0 Å². The van der Waals surface area contributed by atoms with E-state index < -0.39 is 72.8 Å². The van der Waals surface area contributed by atoms with Crippen molar-refractivity contribution in [3.63, 3.8) is 0 Å². The van der Waals surface area contributed by atoms with Gasteiger partial charge in [0, 0.05) is 0 Å². The molecule has 1 N–H and O–H groups in total. The first-order valence-electron chi connectivity index (χ1n) is 7.83. The predicted molar refractivity (Wildman–Crippen MR) is 64.8 cm³/mol. The minimum atomic E-state index is -8.41. The van der Waals surface area contributed by atoms with E-state index in [2.05, 4.69) is 0 Å². The quantitative estimate of drug-likeness (QED) is 0.256. The number of rotatable bonds is 11. The van der Waals surface area contributed by atoms with Gasteiger partial charge < -0.3 is 5.11 Å². The van der Waals surface area contributed by atoms with Crippen LogP contribution in [0.2, 0.25) is 0 Å². The second-order valence-electron chi connectivity index (χ2n) is 6.51. The molecule has 26 heteroatoms. The smallest absolute Gasteiger partial charge is 0.390 e. The molecule has 38 heavy (non-hydrogen) atoms. The second kappa shape index (κ2) is 9.15. The summed E-state index contributed by atoms with van der Waals surface area (Å²) in [7, 11) is 0. The molecular formula is C12H3F23O3. The number of halogens is 23. The minimum Gasteiger partial charge on any atom is -0.390 e. The monoisotopic (exact) mass is 632 g/mol. The number of ether oxygens (including phenoxy) is 2. The summed E-state index contributed by atoms with van der Waals surface area (Å²) >= 11 is 0. The Morgan fingerprint density at radius 2 is 0.632 bits per heavy atom. The van der Waals surface area contributed by atoms with E-state index in [1.54, 1.807) is 0 Å². The van der Waals surface area contributed by atoms with E-state index >= 15 is 0 Å². The molecule has 0 radical (unpaired) electrons. The van der Waals surface area contributed by atoms with Crippen LogP contribution in [0.4, 0.5) is 101 Å². The van der Waals surface area contributed by atoms with Crippen LogP contribution in [0.1, 0.15) is 0 Å². The van der Waals surface area contributed by atoms with Crippen LogP contribution >= 0.6 is 0 Å². The topological polar surface area (TPSA) is 38.7 Å². The summed E-state index contributed by atoms with van der Waals surface area (Å²) in [4.78, 5) is 0. The van der Waals surface area contributed by atoms with Crippen LogP contribution in [-0.4, -0.2) is 77.9 Å². The number of hydrogen-bond acceptors (Lipinski definition) is 3. The molecule has 0 aromatic heterocycles. The van der Waals surface area contributed by atoms with Gasteiger partial charge in [-0.15, -0.1) is 0 Å². The Balaban J connectivity index is 6.63. The Bertz CT molecular complexity index is 840. The lowest BCUT2D eigenvalue weighted by molar-refractivity contribution is -0.548. The molecule has 0 saturated carbocycles. The van der Waals surface area contributed by atoms with E-state index in [4.69, 9.17) is 5.11 Å². The van der Waals surface area contributed by atoms with Crippen LogP contribution in [0.3, 0.4) is 0 Å². The van der Waals surface area contributed by atoms with Gasteiger partial charge in [-0.2, -0.15) is 96.6 Å². The predicted octanol–water partition coefficient (Wildman–Crippen LogP) is 6.76. The molecule has 230 valence electrons. The van der Waals surface area contributed by atoms with Crippen LogP contribution in [0, 0.1) is 0 Å². The highest BCUT2D eigenvalue weighted by Crippen LogP contribution is 2.60. The Kier molecular flexibility index (Phi) is 8.74. The van der Waals surface area contributed by atoms with Crippen molar-refractivity contribution < 1.29 is 116 Å². The third-order valence-corrected chi connectivity index (χ3v) is 3.82. The van der Waals surface area contributed by atoms with Crippen LogP contribution in [-0.2, 0) is 9.47 Å². The first kappa shape index (κ1) is 36.3.